The van der Waals surface area contributed by atoms with E-state index in [1.54, 1.807) is 25.3 Å². The van der Waals surface area contributed by atoms with Gasteiger partial charge in [-0.3, -0.25) is 9.59 Å². The minimum absolute atomic E-state index is 0.0111. The number of rotatable bonds is 5. The summed E-state index contributed by atoms with van der Waals surface area (Å²) in [7, 11) is 0. The highest BCUT2D eigenvalue weighted by molar-refractivity contribution is 8.00. The van der Waals surface area contributed by atoms with Crippen LogP contribution in [0.1, 0.15) is 40.5 Å². The summed E-state index contributed by atoms with van der Waals surface area (Å²) in [6.07, 6.45) is 3.67. The second-order valence-corrected chi connectivity index (χ2v) is 7.38. The van der Waals surface area contributed by atoms with E-state index in [9.17, 15) is 14.0 Å². The smallest absolute Gasteiger partial charge is 0.255 e. The van der Waals surface area contributed by atoms with Gasteiger partial charge in [-0.15, -0.1) is 0 Å². The van der Waals surface area contributed by atoms with E-state index in [2.05, 4.69) is 4.98 Å². The van der Waals surface area contributed by atoms with Crippen molar-refractivity contribution in [1.82, 2.24) is 9.88 Å². The fraction of sp³-hybridized carbons (Fsp3) is 0.316. The van der Waals surface area contributed by atoms with Crippen molar-refractivity contribution in [1.29, 1.82) is 0 Å². The predicted molar refractivity (Wildman–Crippen MR) is 95.4 cm³/mol. The predicted octanol–water partition coefficient (Wildman–Crippen LogP) is 3.82. The van der Waals surface area contributed by atoms with E-state index in [1.807, 2.05) is 4.90 Å². The number of nitrogens with zero attached hydrogens (tertiary/aromatic N) is 2. The van der Waals surface area contributed by atoms with Gasteiger partial charge in [-0.05, 0) is 56.2 Å². The third kappa shape index (κ3) is 4.25. The molecule has 1 amide bonds. The Balaban J connectivity index is 1.63. The molecule has 1 aliphatic heterocycles. The molecule has 2 aromatic rings. The standard InChI is InChI=1S/C19H19FN2O2S/c1-13(18(23)14-4-7-16(20)8-5-14)25-17-9-6-15(12-21-17)19(24)22-10-2-3-11-22/h4-9,12-13H,2-3,10-11H2,1H3/t13-/m1/s1. The lowest BCUT2D eigenvalue weighted by atomic mass is 10.1. The molecular formula is C19H19FN2O2S. The Morgan fingerprint density at radius 2 is 1.72 bits per heavy atom. The molecule has 130 valence electrons. The van der Waals surface area contributed by atoms with Crippen molar-refractivity contribution < 1.29 is 14.0 Å². The number of carbonyl (C=O) groups is 2. The highest BCUT2D eigenvalue weighted by Crippen LogP contribution is 2.24. The number of hydrogen-bond donors (Lipinski definition) is 0. The Hall–Kier alpha value is -2.21. The zero-order valence-electron chi connectivity index (χ0n) is 13.9. The first kappa shape index (κ1) is 17.6. The Morgan fingerprint density at radius 3 is 2.32 bits per heavy atom. The van der Waals surface area contributed by atoms with Crippen LogP contribution in [0, 0.1) is 5.82 Å². The van der Waals surface area contributed by atoms with E-state index >= 15 is 0 Å². The van der Waals surface area contributed by atoms with Gasteiger partial charge >= 0.3 is 0 Å². The topological polar surface area (TPSA) is 50.3 Å². The first-order valence-corrected chi connectivity index (χ1v) is 9.14. The van der Waals surface area contributed by atoms with E-state index in [4.69, 9.17) is 0 Å². The number of likely N-dealkylation sites (tertiary alicyclic amines) is 1. The summed E-state index contributed by atoms with van der Waals surface area (Å²) >= 11 is 1.32. The number of halogens is 1. The molecule has 1 fully saturated rings. The summed E-state index contributed by atoms with van der Waals surface area (Å²) in [4.78, 5) is 30.8. The van der Waals surface area contributed by atoms with Crippen LogP contribution in [0.25, 0.3) is 0 Å². The van der Waals surface area contributed by atoms with Gasteiger partial charge in [0.15, 0.2) is 5.78 Å². The van der Waals surface area contributed by atoms with Crippen molar-refractivity contribution in [3.8, 4) is 0 Å². The summed E-state index contributed by atoms with van der Waals surface area (Å²) in [6.45, 7) is 3.40. The van der Waals surface area contributed by atoms with Gasteiger partial charge in [0.05, 0.1) is 15.8 Å². The number of Topliss-reactive ketones (excluding diaryl/α,β-unsaturated/α-hetero) is 1. The van der Waals surface area contributed by atoms with E-state index in [0.29, 0.717) is 16.2 Å². The molecular weight excluding hydrogens is 339 g/mol. The second-order valence-electron chi connectivity index (χ2n) is 6.02. The van der Waals surface area contributed by atoms with Gasteiger partial charge in [0.25, 0.3) is 5.91 Å². The molecule has 1 aliphatic rings. The fourth-order valence-corrected chi connectivity index (χ4v) is 3.63. The maximum Gasteiger partial charge on any atom is 0.255 e. The number of aromatic nitrogens is 1. The van der Waals surface area contributed by atoms with Crippen molar-refractivity contribution in [3.63, 3.8) is 0 Å². The molecule has 1 aromatic heterocycles. The number of hydrogen-bond acceptors (Lipinski definition) is 4. The lowest BCUT2D eigenvalue weighted by Crippen LogP contribution is -2.27. The molecule has 0 N–H and O–H groups in total. The molecule has 0 saturated carbocycles. The van der Waals surface area contributed by atoms with Crippen molar-refractivity contribution >= 4 is 23.5 Å². The van der Waals surface area contributed by atoms with Gasteiger partial charge in [0.2, 0.25) is 0 Å². The molecule has 0 bridgehead atoms. The highest BCUT2D eigenvalue weighted by atomic mass is 32.2. The largest absolute Gasteiger partial charge is 0.339 e. The van der Waals surface area contributed by atoms with Crippen LogP contribution < -0.4 is 0 Å². The molecule has 0 radical (unpaired) electrons. The Kier molecular flexibility index (Phi) is 5.48. The minimum Gasteiger partial charge on any atom is -0.339 e. The van der Waals surface area contributed by atoms with Gasteiger partial charge < -0.3 is 4.90 Å². The number of thioether (sulfide) groups is 1. The summed E-state index contributed by atoms with van der Waals surface area (Å²) in [5, 5.41) is 0.332. The first-order valence-electron chi connectivity index (χ1n) is 8.26. The summed E-state index contributed by atoms with van der Waals surface area (Å²) in [5.74, 6) is -0.433. The van der Waals surface area contributed by atoms with Crippen molar-refractivity contribution in [2.24, 2.45) is 0 Å². The third-order valence-electron chi connectivity index (χ3n) is 4.17. The molecule has 6 heteroatoms. The van der Waals surface area contributed by atoms with Gasteiger partial charge in [-0.2, -0.15) is 0 Å². The SMILES string of the molecule is C[C@@H](Sc1ccc(C(=O)N2CCCC2)cn1)C(=O)c1ccc(F)cc1. The maximum absolute atomic E-state index is 13.0. The zero-order chi connectivity index (χ0) is 17.8. The molecule has 25 heavy (non-hydrogen) atoms. The summed E-state index contributed by atoms with van der Waals surface area (Å²) in [5.41, 5.74) is 1.05. The van der Waals surface area contributed by atoms with Crippen LogP contribution >= 0.6 is 11.8 Å². The summed E-state index contributed by atoms with van der Waals surface area (Å²) < 4.78 is 13.0. The average Bonchev–Trinajstić information content (AvgIpc) is 3.16. The van der Waals surface area contributed by atoms with Crippen molar-refractivity contribution in [3.05, 3.63) is 59.5 Å². The molecule has 0 aliphatic carbocycles. The van der Waals surface area contributed by atoms with Crippen LogP contribution in [0.5, 0.6) is 0 Å². The molecule has 1 saturated heterocycles. The molecule has 0 spiro atoms. The lowest BCUT2D eigenvalue weighted by molar-refractivity contribution is 0.0792. The molecule has 3 rings (SSSR count). The monoisotopic (exact) mass is 358 g/mol. The van der Waals surface area contributed by atoms with Crippen LogP contribution in [0.3, 0.4) is 0 Å². The van der Waals surface area contributed by atoms with Crippen LogP contribution in [0.15, 0.2) is 47.6 Å². The number of amides is 1. The molecule has 1 aromatic carbocycles. The van der Waals surface area contributed by atoms with Gasteiger partial charge in [-0.1, -0.05) is 11.8 Å². The van der Waals surface area contributed by atoms with E-state index in [-0.39, 0.29) is 22.8 Å². The number of benzene rings is 1. The highest BCUT2D eigenvalue weighted by Gasteiger charge is 2.21. The quantitative estimate of drug-likeness (QED) is 0.602. The van der Waals surface area contributed by atoms with Crippen LogP contribution in [-0.2, 0) is 0 Å². The third-order valence-corrected chi connectivity index (χ3v) is 5.22. The number of ketones is 1. The lowest BCUT2D eigenvalue weighted by Gasteiger charge is -2.15. The Bertz CT molecular complexity index is 756. The van der Waals surface area contributed by atoms with Crippen LogP contribution in [0.4, 0.5) is 4.39 Å². The fourth-order valence-electron chi connectivity index (χ4n) is 2.76. The van der Waals surface area contributed by atoms with Crippen LogP contribution in [-0.4, -0.2) is 39.9 Å². The van der Waals surface area contributed by atoms with Crippen molar-refractivity contribution in [2.45, 2.75) is 30.0 Å². The van der Waals surface area contributed by atoms with Gasteiger partial charge in [0.1, 0.15) is 5.82 Å². The molecule has 2 heterocycles. The van der Waals surface area contributed by atoms with Crippen LogP contribution in [0.2, 0.25) is 0 Å². The first-order chi connectivity index (χ1) is 12.0. The second kappa shape index (κ2) is 7.78. The van der Waals surface area contributed by atoms with Gasteiger partial charge in [-0.25, -0.2) is 9.37 Å². The normalized spacial score (nSPS) is 15.2. The van der Waals surface area contributed by atoms with Crippen molar-refractivity contribution in [2.75, 3.05) is 13.1 Å². The van der Waals surface area contributed by atoms with E-state index in [1.165, 1.54) is 36.0 Å². The molecule has 4 nitrogen and oxygen atoms in total. The average molecular weight is 358 g/mol. The maximum atomic E-state index is 13.0. The number of carbonyl (C=O) groups excluding carboxylic acids is 2. The molecule has 0 unspecified atom stereocenters. The molecule has 1 atom stereocenters. The minimum atomic E-state index is -0.364. The zero-order valence-corrected chi connectivity index (χ0v) is 14.8. The summed E-state index contributed by atoms with van der Waals surface area (Å²) in [6, 6.07) is 9.05. The van der Waals surface area contributed by atoms with E-state index < -0.39 is 0 Å². The Morgan fingerprint density at radius 1 is 1.08 bits per heavy atom. The van der Waals surface area contributed by atoms with E-state index in [0.717, 1.165) is 25.9 Å². The van der Waals surface area contributed by atoms with Gasteiger partial charge in [0, 0.05) is 24.8 Å². The Labute approximate surface area is 150 Å². The number of pyridine rings is 1.